The lowest BCUT2D eigenvalue weighted by atomic mass is 9.87. The first-order valence-electron chi connectivity index (χ1n) is 9.01. The van der Waals surface area contributed by atoms with Gasteiger partial charge in [-0.25, -0.2) is 0 Å². The number of fused-ring (bicyclic) bond motifs is 4. The van der Waals surface area contributed by atoms with Gasteiger partial charge in [0.25, 0.3) is 0 Å². The average Bonchev–Trinajstić information content (AvgIpc) is 3.27. The zero-order chi connectivity index (χ0) is 18.0. The summed E-state index contributed by atoms with van der Waals surface area (Å²) < 4.78 is 17.2. The molecule has 3 aromatic carbocycles. The molecule has 0 fully saturated rings. The lowest BCUT2D eigenvalue weighted by Gasteiger charge is -2.25. The first-order chi connectivity index (χ1) is 13.3. The third-order valence-electron chi connectivity index (χ3n) is 5.44. The van der Waals surface area contributed by atoms with Gasteiger partial charge in [0.2, 0.25) is 6.79 Å². The number of para-hydroxylation sites is 2. The predicted molar refractivity (Wildman–Crippen MR) is 101 cm³/mol. The van der Waals surface area contributed by atoms with Crippen molar-refractivity contribution in [2.24, 2.45) is 0 Å². The van der Waals surface area contributed by atoms with E-state index in [4.69, 9.17) is 14.2 Å². The monoisotopic (exact) mass is 356 g/mol. The molecule has 0 bridgehead atoms. The lowest BCUT2D eigenvalue weighted by Crippen LogP contribution is -2.10. The van der Waals surface area contributed by atoms with Crippen molar-refractivity contribution in [2.75, 3.05) is 6.79 Å². The number of rotatable bonds is 0. The van der Waals surface area contributed by atoms with E-state index in [-0.39, 0.29) is 6.79 Å². The van der Waals surface area contributed by atoms with Crippen LogP contribution in [-0.2, 0) is 6.42 Å². The Morgan fingerprint density at radius 3 is 2.07 bits per heavy atom. The van der Waals surface area contributed by atoms with E-state index in [0.717, 1.165) is 56.4 Å². The van der Waals surface area contributed by atoms with Gasteiger partial charge in [0.15, 0.2) is 11.5 Å². The van der Waals surface area contributed by atoms with E-state index in [1.165, 1.54) is 0 Å². The average molecular weight is 356 g/mol. The maximum absolute atomic E-state index is 11.0. The number of ether oxygens (including phenoxy) is 3. The summed E-state index contributed by atoms with van der Waals surface area (Å²) in [7, 11) is 0. The van der Waals surface area contributed by atoms with Crippen molar-refractivity contribution >= 4 is 11.1 Å². The van der Waals surface area contributed by atoms with Crippen LogP contribution >= 0.6 is 0 Å². The second kappa shape index (κ2) is 5.38. The maximum atomic E-state index is 11.0. The molecule has 3 aromatic rings. The molecule has 132 valence electrons. The summed E-state index contributed by atoms with van der Waals surface area (Å²) in [4.78, 5) is 0. The lowest BCUT2D eigenvalue weighted by molar-refractivity contribution is 0.174. The summed E-state index contributed by atoms with van der Waals surface area (Å²) in [6.45, 7) is 0.242. The third-order valence-corrected chi connectivity index (χ3v) is 5.44. The topological polar surface area (TPSA) is 47.9 Å². The molecule has 0 saturated heterocycles. The molecule has 0 radical (unpaired) electrons. The minimum absolute atomic E-state index is 0.242. The van der Waals surface area contributed by atoms with Gasteiger partial charge in [0.05, 0.1) is 6.10 Å². The summed E-state index contributed by atoms with van der Waals surface area (Å²) >= 11 is 0. The van der Waals surface area contributed by atoms with E-state index in [0.29, 0.717) is 6.42 Å². The second-order valence-electron chi connectivity index (χ2n) is 6.97. The Labute approximate surface area is 156 Å². The highest BCUT2D eigenvalue weighted by Gasteiger charge is 2.34. The number of hydrogen-bond donors (Lipinski definition) is 1. The minimum atomic E-state index is -0.586. The Morgan fingerprint density at radius 1 is 0.741 bits per heavy atom. The van der Waals surface area contributed by atoms with Crippen molar-refractivity contribution in [3.8, 4) is 23.0 Å². The van der Waals surface area contributed by atoms with Gasteiger partial charge in [0.1, 0.15) is 11.5 Å². The first-order valence-corrected chi connectivity index (χ1v) is 9.01. The standard InChI is InChI=1S/C23H16O4/c24-17-9-13-10-20-21(26-12-25-20)11-16(13)23(17)22-14-5-1-3-7-18(14)27-19-8-4-2-6-15(19)22/h1-8,10-11,17,24H,9,12H2. The molecule has 0 aromatic heterocycles. The molecule has 2 aliphatic heterocycles. The van der Waals surface area contributed by atoms with Gasteiger partial charge < -0.3 is 19.3 Å². The molecule has 27 heavy (non-hydrogen) atoms. The van der Waals surface area contributed by atoms with E-state index in [9.17, 15) is 5.11 Å². The summed E-state index contributed by atoms with van der Waals surface area (Å²) in [5.74, 6) is 3.09. The molecular formula is C23H16O4. The van der Waals surface area contributed by atoms with Gasteiger partial charge in [-0.15, -0.1) is 0 Å². The molecular weight excluding hydrogens is 340 g/mol. The highest BCUT2D eigenvalue weighted by molar-refractivity contribution is 6.05. The van der Waals surface area contributed by atoms with Crippen LogP contribution in [-0.4, -0.2) is 18.0 Å². The molecule has 1 atom stereocenters. The van der Waals surface area contributed by atoms with Crippen molar-refractivity contribution in [1.29, 1.82) is 0 Å². The minimum Gasteiger partial charge on any atom is -0.456 e. The van der Waals surface area contributed by atoms with Crippen LogP contribution in [0.3, 0.4) is 0 Å². The summed E-state index contributed by atoms with van der Waals surface area (Å²) in [6, 6.07) is 19.9. The summed E-state index contributed by atoms with van der Waals surface area (Å²) in [5, 5.41) is 11.0. The molecule has 2 heterocycles. The smallest absolute Gasteiger partial charge is 0.231 e. The van der Waals surface area contributed by atoms with Crippen LogP contribution in [0.25, 0.3) is 11.1 Å². The quantitative estimate of drug-likeness (QED) is 0.507. The largest absolute Gasteiger partial charge is 0.456 e. The van der Waals surface area contributed by atoms with Crippen molar-refractivity contribution in [3.63, 3.8) is 0 Å². The van der Waals surface area contributed by atoms with Gasteiger partial charge in [-0.05, 0) is 41.0 Å². The Hall–Kier alpha value is -3.24. The summed E-state index contributed by atoms with van der Waals surface area (Å²) in [5.41, 5.74) is 6.04. The highest BCUT2D eigenvalue weighted by atomic mass is 16.7. The number of hydrogen-bond acceptors (Lipinski definition) is 4. The molecule has 0 amide bonds. The molecule has 3 aliphatic rings. The van der Waals surface area contributed by atoms with Crippen LogP contribution in [0.4, 0.5) is 0 Å². The fraction of sp³-hybridized carbons (Fsp3) is 0.130. The highest BCUT2D eigenvalue weighted by Crippen LogP contribution is 2.51. The summed E-state index contributed by atoms with van der Waals surface area (Å²) in [6.07, 6.45) is -0.0209. The molecule has 1 N–H and O–H groups in total. The van der Waals surface area contributed by atoms with Crippen LogP contribution in [0.1, 0.15) is 22.3 Å². The Balaban J connectivity index is 1.69. The number of benzene rings is 3. The van der Waals surface area contributed by atoms with E-state index in [2.05, 4.69) is 0 Å². The predicted octanol–water partition coefficient (Wildman–Crippen LogP) is 4.40. The van der Waals surface area contributed by atoms with Gasteiger partial charge in [0, 0.05) is 23.1 Å². The second-order valence-corrected chi connectivity index (χ2v) is 6.97. The fourth-order valence-electron chi connectivity index (χ4n) is 4.27. The van der Waals surface area contributed by atoms with E-state index in [1.807, 2.05) is 60.7 Å². The Morgan fingerprint density at radius 2 is 1.37 bits per heavy atom. The number of aliphatic hydroxyl groups excluding tert-OH is 1. The zero-order valence-electron chi connectivity index (χ0n) is 14.4. The van der Waals surface area contributed by atoms with Crippen LogP contribution < -0.4 is 14.2 Å². The van der Waals surface area contributed by atoms with Crippen LogP contribution in [0.5, 0.6) is 23.0 Å². The molecule has 4 nitrogen and oxygen atoms in total. The van der Waals surface area contributed by atoms with E-state index in [1.54, 1.807) is 0 Å². The van der Waals surface area contributed by atoms with Crippen LogP contribution in [0.2, 0.25) is 0 Å². The SMILES string of the molecule is OC1Cc2cc3c(cc2C1=C1c2ccccc2Oc2ccccc21)OCO3. The Bertz CT molecular complexity index is 1080. The third kappa shape index (κ3) is 2.07. The van der Waals surface area contributed by atoms with Gasteiger partial charge in [-0.2, -0.15) is 0 Å². The first kappa shape index (κ1) is 14.9. The van der Waals surface area contributed by atoms with E-state index < -0.39 is 6.10 Å². The normalized spacial score (nSPS) is 18.6. The number of aliphatic hydroxyl groups is 1. The van der Waals surface area contributed by atoms with Crippen LogP contribution in [0, 0.1) is 0 Å². The molecule has 1 unspecified atom stereocenters. The molecule has 6 rings (SSSR count). The maximum Gasteiger partial charge on any atom is 0.231 e. The van der Waals surface area contributed by atoms with Gasteiger partial charge in [-0.1, -0.05) is 36.4 Å². The fourth-order valence-corrected chi connectivity index (χ4v) is 4.27. The van der Waals surface area contributed by atoms with Gasteiger partial charge >= 0.3 is 0 Å². The zero-order valence-corrected chi connectivity index (χ0v) is 14.4. The van der Waals surface area contributed by atoms with Crippen molar-refractivity contribution in [2.45, 2.75) is 12.5 Å². The van der Waals surface area contributed by atoms with Gasteiger partial charge in [-0.3, -0.25) is 0 Å². The Kier molecular flexibility index (Phi) is 2.96. The van der Waals surface area contributed by atoms with E-state index >= 15 is 0 Å². The molecule has 0 spiro atoms. The van der Waals surface area contributed by atoms with Crippen LogP contribution in [0.15, 0.2) is 60.7 Å². The molecule has 1 aliphatic carbocycles. The van der Waals surface area contributed by atoms with Crippen molar-refractivity contribution < 1.29 is 19.3 Å². The molecule has 0 saturated carbocycles. The van der Waals surface area contributed by atoms with Crippen molar-refractivity contribution in [3.05, 3.63) is 82.9 Å². The molecule has 4 heteroatoms. The van der Waals surface area contributed by atoms with Crippen molar-refractivity contribution in [1.82, 2.24) is 0 Å².